The quantitative estimate of drug-likeness (QED) is 0.641. The van der Waals surface area contributed by atoms with Crippen LogP contribution in [0.15, 0.2) is 36.8 Å². The Labute approximate surface area is 175 Å². The second-order valence-corrected chi connectivity index (χ2v) is 8.57. The van der Waals surface area contributed by atoms with Crippen molar-refractivity contribution in [3.63, 3.8) is 0 Å². The fourth-order valence-electron chi connectivity index (χ4n) is 4.04. The maximum atomic E-state index is 13.5. The summed E-state index contributed by atoms with van der Waals surface area (Å²) in [4.78, 5) is 21.7. The average molecular weight is 410 g/mol. The number of amides is 1. The zero-order chi connectivity index (χ0) is 21.3. The summed E-state index contributed by atoms with van der Waals surface area (Å²) < 4.78 is 15.3. The van der Waals surface area contributed by atoms with Crippen molar-refractivity contribution in [2.45, 2.75) is 58.5 Å². The number of carbonyl (C=O) groups excluding carboxylic acids is 1. The van der Waals surface area contributed by atoms with Crippen molar-refractivity contribution in [3.8, 4) is 5.82 Å². The number of pyridine rings is 2. The first-order chi connectivity index (χ1) is 14.4. The van der Waals surface area contributed by atoms with Gasteiger partial charge >= 0.3 is 0 Å². The SMILES string of the molecule is CC1CCC(NC(=O)c2cnc(-n3ccc4cc(F)cnc43)cc2NC(C)C)CC1. The summed E-state index contributed by atoms with van der Waals surface area (Å²) in [7, 11) is 0. The molecule has 1 amide bonds. The molecule has 0 radical (unpaired) electrons. The summed E-state index contributed by atoms with van der Waals surface area (Å²) in [5, 5.41) is 7.24. The highest BCUT2D eigenvalue weighted by atomic mass is 19.1. The van der Waals surface area contributed by atoms with E-state index in [0.29, 0.717) is 22.4 Å². The molecule has 1 fully saturated rings. The lowest BCUT2D eigenvalue weighted by Gasteiger charge is -2.27. The molecule has 4 rings (SSSR count). The van der Waals surface area contributed by atoms with E-state index in [1.54, 1.807) is 16.8 Å². The number of carbonyl (C=O) groups is 1. The number of rotatable bonds is 5. The molecule has 0 bridgehead atoms. The molecule has 0 unspecified atom stereocenters. The van der Waals surface area contributed by atoms with Crippen LogP contribution in [0.4, 0.5) is 10.1 Å². The van der Waals surface area contributed by atoms with Crippen LogP contribution in [0, 0.1) is 11.7 Å². The Morgan fingerprint density at radius 2 is 1.93 bits per heavy atom. The van der Waals surface area contributed by atoms with E-state index in [-0.39, 0.29) is 23.8 Å². The van der Waals surface area contributed by atoms with Crippen molar-refractivity contribution < 1.29 is 9.18 Å². The van der Waals surface area contributed by atoms with Gasteiger partial charge in [0.1, 0.15) is 17.3 Å². The van der Waals surface area contributed by atoms with Crippen LogP contribution < -0.4 is 10.6 Å². The molecule has 1 aliphatic rings. The van der Waals surface area contributed by atoms with E-state index in [0.717, 1.165) is 37.3 Å². The Kier molecular flexibility index (Phi) is 5.70. The summed E-state index contributed by atoms with van der Waals surface area (Å²) in [6, 6.07) is 5.46. The lowest BCUT2D eigenvalue weighted by molar-refractivity contribution is 0.0923. The Balaban J connectivity index is 1.64. The van der Waals surface area contributed by atoms with Crippen LogP contribution in [0.5, 0.6) is 0 Å². The first-order valence-electron chi connectivity index (χ1n) is 10.6. The number of hydrogen-bond acceptors (Lipinski definition) is 4. The van der Waals surface area contributed by atoms with Crippen molar-refractivity contribution in [1.29, 1.82) is 0 Å². The molecule has 1 saturated carbocycles. The Morgan fingerprint density at radius 1 is 1.17 bits per heavy atom. The Bertz CT molecular complexity index is 1050. The fourth-order valence-corrected chi connectivity index (χ4v) is 4.04. The first-order valence-corrected chi connectivity index (χ1v) is 10.6. The minimum atomic E-state index is -0.375. The molecular formula is C23H28FN5O. The number of fused-ring (bicyclic) bond motifs is 1. The number of nitrogens with zero attached hydrogens (tertiary/aromatic N) is 3. The van der Waals surface area contributed by atoms with Crippen LogP contribution in [0.3, 0.4) is 0 Å². The largest absolute Gasteiger partial charge is 0.382 e. The standard InChI is InChI=1S/C23H28FN5O/c1-14(2)27-20-11-21(29-9-8-16-10-17(24)12-26-22(16)29)25-13-19(20)23(30)28-18-6-4-15(3)5-7-18/h8-15,18H,4-7H2,1-3H3,(H,25,27)(H,28,30). The van der Waals surface area contributed by atoms with E-state index < -0.39 is 0 Å². The van der Waals surface area contributed by atoms with Crippen LogP contribution in [0.25, 0.3) is 16.9 Å². The van der Waals surface area contributed by atoms with Gasteiger partial charge in [-0.2, -0.15) is 0 Å². The van der Waals surface area contributed by atoms with Gasteiger partial charge in [-0.05, 0) is 57.6 Å². The molecule has 0 saturated heterocycles. The Hall–Kier alpha value is -2.96. The highest BCUT2D eigenvalue weighted by Gasteiger charge is 2.22. The van der Waals surface area contributed by atoms with Gasteiger partial charge in [-0.3, -0.25) is 9.36 Å². The minimum Gasteiger partial charge on any atom is -0.382 e. The van der Waals surface area contributed by atoms with E-state index in [2.05, 4.69) is 27.5 Å². The third-order valence-corrected chi connectivity index (χ3v) is 5.67. The lowest BCUT2D eigenvalue weighted by atomic mass is 9.87. The molecule has 3 heterocycles. The van der Waals surface area contributed by atoms with Gasteiger partial charge in [-0.15, -0.1) is 0 Å². The number of aromatic nitrogens is 3. The molecular weight excluding hydrogens is 381 g/mol. The van der Waals surface area contributed by atoms with E-state index >= 15 is 0 Å². The van der Waals surface area contributed by atoms with Crippen LogP contribution in [-0.4, -0.2) is 32.5 Å². The summed E-state index contributed by atoms with van der Waals surface area (Å²) >= 11 is 0. The molecule has 0 spiro atoms. The molecule has 2 N–H and O–H groups in total. The molecule has 3 aromatic rings. The molecule has 158 valence electrons. The van der Waals surface area contributed by atoms with Gasteiger partial charge in [-0.25, -0.2) is 14.4 Å². The van der Waals surface area contributed by atoms with Gasteiger partial charge in [0.25, 0.3) is 5.91 Å². The molecule has 0 aromatic carbocycles. The third kappa shape index (κ3) is 4.30. The highest BCUT2D eigenvalue weighted by molar-refractivity contribution is 5.99. The predicted octanol–water partition coefficient (Wildman–Crippen LogP) is 4.69. The number of hydrogen-bond donors (Lipinski definition) is 2. The number of nitrogens with one attached hydrogen (secondary N) is 2. The second-order valence-electron chi connectivity index (χ2n) is 8.57. The molecule has 7 heteroatoms. The topological polar surface area (TPSA) is 71.8 Å². The lowest BCUT2D eigenvalue weighted by Crippen LogP contribution is -2.37. The minimum absolute atomic E-state index is 0.102. The molecule has 3 aromatic heterocycles. The normalized spacial score (nSPS) is 19.2. The van der Waals surface area contributed by atoms with Crippen molar-refractivity contribution in [3.05, 3.63) is 48.2 Å². The van der Waals surface area contributed by atoms with Crippen molar-refractivity contribution in [1.82, 2.24) is 19.9 Å². The third-order valence-electron chi connectivity index (χ3n) is 5.67. The highest BCUT2D eigenvalue weighted by Crippen LogP contribution is 2.26. The van der Waals surface area contributed by atoms with E-state index in [4.69, 9.17) is 0 Å². The van der Waals surface area contributed by atoms with Crippen molar-refractivity contribution >= 4 is 22.6 Å². The van der Waals surface area contributed by atoms with Gasteiger partial charge in [0.15, 0.2) is 0 Å². The van der Waals surface area contributed by atoms with E-state index in [9.17, 15) is 9.18 Å². The molecule has 0 atom stereocenters. The maximum absolute atomic E-state index is 13.5. The molecule has 1 aliphatic carbocycles. The second kappa shape index (κ2) is 8.42. The van der Waals surface area contributed by atoms with Gasteiger partial charge in [0.2, 0.25) is 0 Å². The summed E-state index contributed by atoms with van der Waals surface area (Å²) in [6.45, 7) is 6.32. The van der Waals surface area contributed by atoms with Crippen LogP contribution in [0.2, 0.25) is 0 Å². The van der Waals surface area contributed by atoms with Gasteiger partial charge in [0.05, 0.1) is 17.4 Å². The van der Waals surface area contributed by atoms with Crippen LogP contribution in [-0.2, 0) is 0 Å². The zero-order valence-electron chi connectivity index (χ0n) is 17.7. The van der Waals surface area contributed by atoms with Crippen molar-refractivity contribution in [2.75, 3.05) is 5.32 Å². The molecule has 0 aliphatic heterocycles. The summed E-state index contributed by atoms with van der Waals surface area (Å²) in [5.41, 5.74) is 1.87. The summed E-state index contributed by atoms with van der Waals surface area (Å²) in [5.74, 6) is 0.875. The number of halogens is 1. The van der Waals surface area contributed by atoms with Gasteiger partial charge in [0, 0.05) is 35.9 Å². The first kappa shape index (κ1) is 20.3. The molecule has 6 nitrogen and oxygen atoms in total. The van der Waals surface area contributed by atoms with Crippen LogP contribution >= 0.6 is 0 Å². The van der Waals surface area contributed by atoms with E-state index in [1.807, 2.05) is 26.1 Å². The average Bonchev–Trinajstić information content (AvgIpc) is 3.12. The Morgan fingerprint density at radius 3 is 2.67 bits per heavy atom. The number of anilines is 1. The fraction of sp³-hybridized carbons (Fsp3) is 0.435. The summed E-state index contributed by atoms with van der Waals surface area (Å²) in [6.07, 6.45) is 8.93. The van der Waals surface area contributed by atoms with Crippen LogP contribution in [0.1, 0.15) is 56.8 Å². The maximum Gasteiger partial charge on any atom is 0.255 e. The van der Waals surface area contributed by atoms with E-state index in [1.165, 1.54) is 12.3 Å². The smallest absolute Gasteiger partial charge is 0.255 e. The van der Waals surface area contributed by atoms with Crippen molar-refractivity contribution in [2.24, 2.45) is 5.92 Å². The van der Waals surface area contributed by atoms with Gasteiger partial charge in [-0.1, -0.05) is 6.92 Å². The van der Waals surface area contributed by atoms with Gasteiger partial charge < -0.3 is 10.6 Å². The monoisotopic (exact) mass is 409 g/mol. The zero-order valence-corrected chi connectivity index (χ0v) is 17.7. The molecule has 30 heavy (non-hydrogen) atoms. The predicted molar refractivity (Wildman–Crippen MR) is 116 cm³/mol.